The van der Waals surface area contributed by atoms with Crippen molar-refractivity contribution in [1.82, 2.24) is 0 Å². The molecule has 2 nitrogen and oxygen atoms in total. The van der Waals surface area contributed by atoms with E-state index >= 15 is 0 Å². The van der Waals surface area contributed by atoms with Crippen molar-refractivity contribution in [2.75, 3.05) is 0 Å². The van der Waals surface area contributed by atoms with Crippen LogP contribution in [0.3, 0.4) is 0 Å². The molecule has 0 radical (unpaired) electrons. The summed E-state index contributed by atoms with van der Waals surface area (Å²) in [5, 5.41) is 20.0. The van der Waals surface area contributed by atoms with Gasteiger partial charge in [0, 0.05) is 6.42 Å². The molecule has 26 heavy (non-hydrogen) atoms. The van der Waals surface area contributed by atoms with Crippen molar-refractivity contribution in [2.24, 2.45) is 23.2 Å². The lowest BCUT2D eigenvalue weighted by atomic mass is 9.61. The van der Waals surface area contributed by atoms with Gasteiger partial charge in [-0.15, -0.1) is 0 Å². The molecule has 0 amide bonds. The van der Waals surface area contributed by atoms with Gasteiger partial charge in [0.05, 0.1) is 12.2 Å². The molecule has 3 fully saturated rings. The lowest BCUT2D eigenvalue weighted by Crippen LogP contribution is -2.35. The van der Waals surface area contributed by atoms with Gasteiger partial charge in [0.25, 0.3) is 0 Å². The highest BCUT2D eigenvalue weighted by atomic mass is 127. The minimum atomic E-state index is -0.600. The summed E-state index contributed by atoms with van der Waals surface area (Å²) in [5.41, 5.74) is 3.78. The van der Waals surface area contributed by atoms with Crippen LogP contribution in [-0.4, -0.2) is 22.4 Å². The van der Waals surface area contributed by atoms with Gasteiger partial charge in [-0.25, -0.2) is 0 Å². The van der Waals surface area contributed by atoms with Crippen LogP contribution in [-0.2, 0) is 0 Å². The summed E-state index contributed by atoms with van der Waals surface area (Å²) in [7, 11) is 0. The van der Waals surface area contributed by atoms with Crippen LogP contribution in [0, 0.1) is 23.2 Å². The lowest BCUT2D eigenvalue weighted by molar-refractivity contribution is 0.0862. The minimum Gasteiger partial charge on any atom is -0.393 e. The maximum atomic E-state index is 10.1. The Morgan fingerprint density at radius 3 is 2.77 bits per heavy atom. The molecule has 3 aliphatic carbocycles. The van der Waals surface area contributed by atoms with E-state index in [9.17, 15) is 10.2 Å². The van der Waals surface area contributed by atoms with Crippen molar-refractivity contribution in [3.8, 4) is 0 Å². The molecule has 0 aromatic heterocycles. The normalized spacial score (nSPS) is 42.6. The largest absolute Gasteiger partial charge is 0.393 e. The van der Waals surface area contributed by atoms with E-state index < -0.39 is 12.2 Å². The second kappa shape index (κ2) is 8.32. The molecule has 0 spiro atoms. The van der Waals surface area contributed by atoms with E-state index in [1.165, 1.54) is 32.1 Å². The molecule has 3 rings (SSSR count). The number of allylic oxidation sites excluding steroid dienone is 4. The number of rotatable bonds is 3. The first-order valence-corrected chi connectivity index (χ1v) is 11.3. The van der Waals surface area contributed by atoms with Gasteiger partial charge in [-0.3, -0.25) is 0 Å². The number of halogens is 1. The molecule has 0 aliphatic heterocycles. The predicted octanol–water partition coefficient (Wildman–Crippen LogP) is 5.71. The van der Waals surface area contributed by atoms with E-state index in [0.717, 1.165) is 17.1 Å². The summed E-state index contributed by atoms with van der Waals surface area (Å²) >= 11 is 2.34. The molecule has 0 aromatic rings. The van der Waals surface area contributed by atoms with E-state index in [1.807, 2.05) is 0 Å². The molecule has 3 heteroatoms. The second-order valence-corrected chi connectivity index (χ2v) is 9.56. The van der Waals surface area contributed by atoms with Gasteiger partial charge in [0.15, 0.2) is 0 Å². The Hall–Kier alpha value is -0.390. The number of fused-ring (bicyclic) bond motifs is 1. The van der Waals surface area contributed by atoms with Crippen LogP contribution in [0.5, 0.6) is 0 Å². The number of aliphatic hydroxyl groups is 2. The zero-order valence-electron chi connectivity index (χ0n) is 16.1. The highest BCUT2D eigenvalue weighted by molar-refractivity contribution is 14.1. The second-order valence-electron chi connectivity index (χ2n) is 8.84. The minimum absolute atomic E-state index is 0.404. The summed E-state index contributed by atoms with van der Waals surface area (Å²) < 4.78 is 2.18. The van der Waals surface area contributed by atoms with Gasteiger partial charge < -0.3 is 10.2 Å². The molecule has 144 valence electrons. The SMILES string of the molecule is C=C1/C(=C\C=C2/CCC[C@]3(C)[C@@H]([C@H](C)/C=C/I)CC[C@@H]23)C[C@@H](O)C[C@@H]1O. The molecule has 2 N–H and O–H groups in total. The van der Waals surface area contributed by atoms with E-state index in [2.05, 4.69) is 65.3 Å². The van der Waals surface area contributed by atoms with Gasteiger partial charge in [-0.1, -0.05) is 66.8 Å². The Morgan fingerprint density at radius 2 is 2.04 bits per heavy atom. The fraction of sp³-hybridized carbons (Fsp3) is 0.652. The first-order chi connectivity index (χ1) is 12.4. The molecule has 0 unspecified atom stereocenters. The fourth-order valence-electron chi connectivity index (χ4n) is 5.86. The highest BCUT2D eigenvalue weighted by Gasteiger charge is 2.50. The van der Waals surface area contributed by atoms with Gasteiger partial charge in [0.2, 0.25) is 0 Å². The third kappa shape index (κ3) is 3.90. The molecule has 6 atom stereocenters. The quantitative estimate of drug-likeness (QED) is 0.521. The zero-order chi connectivity index (χ0) is 18.9. The third-order valence-electron chi connectivity index (χ3n) is 7.31. The van der Waals surface area contributed by atoms with Crippen molar-refractivity contribution in [3.63, 3.8) is 0 Å². The standard InChI is InChI=1S/C23H33IO2/c1-15(10-12-24)20-8-9-21-17(5-4-11-23(20,21)3)6-7-18-13-19(25)14-22(26)16(18)2/h6-7,10,12,15,19-22,25-26H,2,4-5,8-9,11,13-14H2,1,3H3/b12-10+,17-6+,18-7-/t15-,19-,20-,21+,22+,23-/m1/s1. The van der Waals surface area contributed by atoms with Gasteiger partial charge in [-0.05, 0) is 76.9 Å². The molecule has 3 saturated carbocycles. The van der Waals surface area contributed by atoms with Crippen molar-refractivity contribution >= 4 is 22.6 Å². The van der Waals surface area contributed by atoms with Crippen molar-refractivity contribution in [2.45, 2.75) is 71.0 Å². The Balaban J connectivity index is 1.82. The summed E-state index contributed by atoms with van der Waals surface area (Å²) in [5.74, 6) is 2.08. The van der Waals surface area contributed by atoms with Crippen molar-refractivity contribution in [1.29, 1.82) is 0 Å². The smallest absolute Gasteiger partial charge is 0.0811 e. The fourth-order valence-corrected chi connectivity index (χ4v) is 6.51. The number of hydrogen-bond donors (Lipinski definition) is 2. The van der Waals surface area contributed by atoms with Crippen molar-refractivity contribution < 1.29 is 10.2 Å². The van der Waals surface area contributed by atoms with Gasteiger partial charge >= 0.3 is 0 Å². The average Bonchev–Trinajstić information content (AvgIpc) is 2.94. The van der Waals surface area contributed by atoms with E-state index in [0.29, 0.717) is 30.1 Å². The maximum absolute atomic E-state index is 10.1. The van der Waals surface area contributed by atoms with Crippen LogP contribution in [0.2, 0.25) is 0 Å². The molecule has 0 heterocycles. The molecular formula is C23H33IO2. The maximum Gasteiger partial charge on any atom is 0.0811 e. The summed E-state index contributed by atoms with van der Waals surface area (Å²) in [6.07, 6.45) is 13.2. The first kappa shape index (κ1) is 20.3. The van der Waals surface area contributed by atoms with Crippen LogP contribution in [0.1, 0.15) is 58.8 Å². The van der Waals surface area contributed by atoms with Crippen molar-refractivity contribution in [3.05, 3.63) is 45.6 Å². The summed E-state index contributed by atoms with van der Waals surface area (Å²) in [6, 6.07) is 0. The Labute approximate surface area is 172 Å². The van der Waals surface area contributed by atoms with Gasteiger partial charge in [-0.2, -0.15) is 0 Å². The third-order valence-corrected chi connectivity index (χ3v) is 7.73. The van der Waals surface area contributed by atoms with E-state index in [-0.39, 0.29) is 0 Å². The predicted molar refractivity (Wildman–Crippen MR) is 117 cm³/mol. The molecule has 3 aliphatic rings. The van der Waals surface area contributed by atoms with Crippen LogP contribution in [0.15, 0.2) is 45.6 Å². The van der Waals surface area contributed by atoms with E-state index in [4.69, 9.17) is 0 Å². The molecular weight excluding hydrogens is 435 g/mol. The number of hydrogen-bond acceptors (Lipinski definition) is 2. The lowest BCUT2D eigenvalue weighted by Gasteiger charge is -2.44. The van der Waals surface area contributed by atoms with Crippen LogP contribution >= 0.6 is 22.6 Å². The highest BCUT2D eigenvalue weighted by Crippen LogP contribution is 2.59. The summed E-state index contributed by atoms with van der Waals surface area (Å²) in [6.45, 7) is 8.93. The van der Waals surface area contributed by atoms with Gasteiger partial charge in [0.1, 0.15) is 0 Å². The number of aliphatic hydroxyl groups excluding tert-OH is 2. The Kier molecular flexibility index (Phi) is 6.51. The average molecular weight is 468 g/mol. The summed E-state index contributed by atoms with van der Waals surface area (Å²) in [4.78, 5) is 0. The Bertz CT molecular complexity index is 632. The molecule has 0 aromatic carbocycles. The Morgan fingerprint density at radius 1 is 1.27 bits per heavy atom. The zero-order valence-corrected chi connectivity index (χ0v) is 18.3. The van der Waals surface area contributed by atoms with Crippen LogP contribution in [0.25, 0.3) is 0 Å². The van der Waals surface area contributed by atoms with E-state index in [1.54, 1.807) is 5.57 Å². The monoisotopic (exact) mass is 468 g/mol. The molecule has 0 saturated heterocycles. The molecule has 0 bridgehead atoms. The van der Waals surface area contributed by atoms with Crippen LogP contribution in [0.4, 0.5) is 0 Å². The first-order valence-electron chi connectivity index (χ1n) is 10.1. The van der Waals surface area contributed by atoms with Crippen LogP contribution < -0.4 is 0 Å². The topological polar surface area (TPSA) is 40.5 Å².